The first kappa shape index (κ1) is 17.9. The number of pyridine rings is 1. The number of rotatable bonds is 3. The quantitative estimate of drug-likeness (QED) is 0.922. The average molecular weight is 352 g/mol. The molecule has 1 aromatic heterocycles. The molecule has 0 atom stereocenters. The fourth-order valence-electron chi connectivity index (χ4n) is 3.21. The van der Waals surface area contributed by atoms with Crippen molar-refractivity contribution in [1.29, 1.82) is 0 Å². The van der Waals surface area contributed by atoms with Crippen molar-refractivity contribution < 1.29 is 9.59 Å². The van der Waals surface area contributed by atoms with Gasteiger partial charge in [-0.2, -0.15) is 0 Å². The Bertz CT molecular complexity index is 806. The summed E-state index contributed by atoms with van der Waals surface area (Å²) in [6.07, 6.45) is 1.66. The minimum Gasteiger partial charge on any atom is -0.368 e. The Morgan fingerprint density at radius 1 is 1.04 bits per heavy atom. The molecule has 0 spiro atoms. The van der Waals surface area contributed by atoms with Crippen LogP contribution in [-0.4, -0.2) is 47.9 Å². The lowest BCUT2D eigenvalue weighted by Gasteiger charge is -2.35. The molecule has 0 saturated carbocycles. The second-order valence-electron chi connectivity index (χ2n) is 6.61. The molecule has 0 unspecified atom stereocenters. The molecule has 2 amide bonds. The predicted octanol–water partition coefficient (Wildman–Crippen LogP) is 2.62. The number of aryl methyl sites for hydroxylation is 2. The van der Waals surface area contributed by atoms with E-state index in [4.69, 9.17) is 0 Å². The number of benzene rings is 1. The largest absolute Gasteiger partial charge is 0.368 e. The molecule has 6 nitrogen and oxygen atoms in total. The van der Waals surface area contributed by atoms with Gasteiger partial charge < -0.3 is 15.1 Å². The predicted molar refractivity (Wildman–Crippen MR) is 103 cm³/mol. The van der Waals surface area contributed by atoms with Crippen molar-refractivity contribution in [2.75, 3.05) is 36.4 Å². The maximum absolute atomic E-state index is 12.6. The summed E-state index contributed by atoms with van der Waals surface area (Å²) in [7, 11) is 0. The molecule has 1 N–H and O–H groups in total. The van der Waals surface area contributed by atoms with Crippen LogP contribution in [-0.2, 0) is 4.79 Å². The van der Waals surface area contributed by atoms with Gasteiger partial charge in [-0.3, -0.25) is 14.6 Å². The van der Waals surface area contributed by atoms with Crippen LogP contribution in [0, 0.1) is 13.8 Å². The summed E-state index contributed by atoms with van der Waals surface area (Å²) >= 11 is 0. The lowest BCUT2D eigenvalue weighted by atomic mass is 10.1. The number of aromatic nitrogens is 1. The van der Waals surface area contributed by atoms with E-state index >= 15 is 0 Å². The zero-order valence-electron chi connectivity index (χ0n) is 15.5. The molecule has 1 aromatic carbocycles. The zero-order chi connectivity index (χ0) is 18.7. The fourth-order valence-corrected chi connectivity index (χ4v) is 3.21. The van der Waals surface area contributed by atoms with E-state index in [0.717, 1.165) is 35.6 Å². The van der Waals surface area contributed by atoms with Crippen LogP contribution in [0.5, 0.6) is 0 Å². The van der Waals surface area contributed by atoms with Gasteiger partial charge in [-0.05, 0) is 37.1 Å². The van der Waals surface area contributed by atoms with E-state index in [2.05, 4.69) is 15.2 Å². The van der Waals surface area contributed by atoms with E-state index < -0.39 is 0 Å². The number of carbonyl (C=O) groups is 2. The summed E-state index contributed by atoms with van der Waals surface area (Å²) in [5.74, 6) is -0.111. The molecule has 0 aliphatic carbocycles. The van der Waals surface area contributed by atoms with Gasteiger partial charge in [0.2, 0.25) is 5.91 Å². The van der Waals surface area contributed by atoms with Gasteiger partial charge in [0.1, 0.15) is 5.69 Å². The Hall–Kier alpha value is -2.89. The van der Waals surface area contributed by atoms with Gasteiger partial charge in [0.05, 0.1) is 0 Å². The second-order valence-corrected chi connectivity index (χ2v) is 6.61. The molecule has 1 saturated heterocycles. The Kier molecular flexibility index (Phi) is 5.21. The molecule has 0 radical (unpaired) electrons. The Morgan fingerprint density at radius 3 is 2.31 bits per heavy atom. The van der Waals surface area contributed by atoms with Gasteiger partial charge in [0.15, 0.2) is 0 Å². The smallest absolute Gasteiger partial charge is 0.274 e. The monoisotopic (exact) mass is 352 g/mol. The number of piperazine rings is 1. The summed E-state index contributed by atoms with van der Waals surface area (Å²) in [6, 6.07) is 9.63. The maximum atomic E-state index is 12.6. The normalized spacial score (nSPS) is 14.3. The summed E-state index contributed by atoms with van der Waals surface area (Å²) < 4.78 is 0. The summed E-state index contributed by atoms with van der Waals surface area (Å²) in [6.45, 7) is 8.44. The molecular formula is C20H24N4O2. The molecule has 1 aliphatic heterocycles. The Morgan fingerprint density at radius 2 is 1.69 bits per heavy atom. The molecule has 3 rings (SSSR count). The van der Waals surface area contributed by atoms with Crippen molar-refractivity contribution in [2.45, 2.75) is 20.8 Å². The molecule has 2 aromatic rings. The molecule has 2 heterocycles. The third kappa shape index (κ3) is 3.85. The molecular weight excluding hydrogens is 328 g/mol. The Labute approximate surface area is 153 Å². The van der Waals surface area contributed by atoms with E-state index in [1.807, 2.05) is 49.1 Å². The molecule has 26 heavy (non-hydrogen) atoms. The highest BCUT2D eigenvalue weighted by atomic mass is 16.2. The van der Waals surface area contributed by atoms with Gasteiger partial charge in [-0.1, -0.05) is 18.2 Å². The number of carbonyl (C=O) groups excluding carboxylic acids is 2. The van der Waals surface area contributed by atoms with Crippen LogP contribution >= 0.6 is 0 Å². The van der Waals surface area contributed by atoms with Crippen molar-refractivity contribution in [3.63, 3.8) is 0 Å². The van der Waals surface area contributed by atoms with Crippen LogP contribution in [0.25, 0.3) is 0 Å². The van der Waals surface area contributed by atoms with E-state index in [-0.39, 0.29) is 11.8 Å². The lowest BCUT2D eigenvalue weighted by Crippen LogP contribution is -2.48. The first-order valence-electron chi connectivity index (χ1n) is 8.80. The number of nitrogens with zero attached hydrogens (tertiary/aromatic N) is 3. The van der Waals surface area contributed by atoms with Crippen LogP contribution < -0.4 is 10.2 Å². The van der Waals surface area contributed by atoms with Gasteiger partial charge in [0.25, 0.3) is 5.91 Å². The number of amides is 2. The molecule has 0 bridgehead atoms. The minimum absolute atomic E-state index is 0.105. The maximum Gasteiger partial charge on any atom is 0.274 e. The van der Waals surface area contributed by atoms with Crippen LogP contribution in [0.2, 0.25) is 0 Å². The van der Waals surface area contributed by atoms with E-state index in [9.17, 15) is 9.59 Å². The van der Waals surface area contributed by atoms with E-state index in [0.29, 0.717) is 18.8 Å². The lowest BCUT2D eigenvalue weighted by molar-refractivity contribution is -0.129. The third-order valence-electron chi connectivity index (χ3n) is 4.79. The number of hydrogen-bond donors (Lipinski definition) is 1. The van der Waals surface area contributed by atoms with Crippen LogP contribution in [0.1, 0.15) is 28.5 Å². The number of anilines is 2. The van der Waals surface area contributed by atoms with Crippen LogP contribution in [0.3, 0.4) is 0 Å². The highest BCUT2D eigenvalue weighted by molar-refractivity contribution is 6.04. The van der Waals surface area contributed by atoms with Gasteiger partial charge >= 0.3 is 0 Å². The molecule has 136 valence electrons. The van der Waals surface area contributed by atoms with Gasteiger partial charge in [0, 0.05) is 50.7 Å². The van der Waals surface area contributed by atoms with Crippen LogP contribution in [0.4, 0.5) is 11.4 Å². The van der Waals surface area contributed by atoms with Crippen molar-refractivity contribution in [2.24, 2.45) is 0 Å². The first-order valence-corrected chi connectivity index (χ1v) is 8.80. The van der Waals surface area contributed by atoms with Gasteiger partial charge in [-0.25, -0.2) is 0 Å². The van der Waals surface area contributed by atoms with Crippen molar-refractivity contribution in [3.05, 3.63) is 53.3 Å². The molecule has 1 fully saturated rings. The molecule has 1 aliphatic rings. The van der Waals surface area contributed by atoms with E-state index in [1.54, 1.807) is 13.1 Å². The minimum atomic E-state index is -0.216. The molecule has 6 heteroatoms. The highest BCUT2D eigenvalue weighted by Gasteiger charge is 2.20. The SMILES string of the molecule is CC(=O)N1CCN(c2ccnc(C(=O)Nc3c(C)cccc3C)c2)CC1. The zero-order valence-corrected chi connectivity index (χ0v) is 15.5. The van der Waals surface area contributed by atoms with E-state index in [1.165, 1.54) is 0 Å². The topological polar surface area (TPSA) is 65.5 Å². The van der Waals surface area contributed by atoms with Crippen LogP contribution in [0.15, 0.2) is 36.5 Å². The fraction of sp³-hybridized carbons (Fsp3) is 0.350. The van der Waals surface area contributed by atoms with Crippen molar-refractivity contribution in [3.8, 4) is 0 Å². The Balaban J connectivity index is 1.73. The number of nitrogens with one attached hydrogen (secondary N) is 1. The van der Waals surface area contributed by atoms with Crippen molar-refractivity contribution in [1.82, 2.24) is 9.88 Å². The summed E-state index contributed by atoms with van der Waals surface area (Å²) in [5, 5.41) is 2.97. The summed E-state index contributed by atoms with van der Waals surface area (Å²) in [4.78, 5) is 32.4. The third-order valence-corrected chi connectivity index (χ3v) is 4.79. The highest BCUT2D eigenvalue weighted by Crippen LogP contribution is 2.21. The second kappa shape index (κ2) is 7.56. The van der Waals surface area contributed by atoms with Gasteiger partial charge in [-0.15, -0.1) is 0 Å². The standard InChI is InChI=1S/C20H24N4O2/c1-14-5-4-6-15(2)19(14)22-20(26)18-13-17(7-8-21-18)24-11-9-23(10-12-24)16(3)25/h4-8,13H,9-12H2,1-3H3,(H,22,26). The first-order chi connectivity index (χ1) is 12.5. The van der Waals surface area contributed by atoms with Crippen molar-refractivity contribution >= 4 is 23.2 Å². The summed E-state index contributed by atoms with van der Waals surface area (Å²) in [5.41, 5.74) is 4.22. The average Bonchev–Trinajstić information content (AvgIpc) is 2.65. The number of para-hydroxylation sites is 1. The number of hydrogen-bond acceptors (Lipinski definition) is 4.